The van der Waals surface area contributed by atoms with E-state index in [9.17, 15) is 0 Å². The summed E-state index contributed by atoms with van der Waals surface area (Å²) in [4.78, 5) is 0. The third-order valence-corrected chi connectivity index (χ3v) is 2.77. The van der Waals surface area contributed by atoms with Crippen molar-refractivity contribution in [1.82, 2.24) is 5.16 Å². The molecule has 0 unspecified atom stereocenters. The number of anilines is 1. The Morgan fingerprint density at radius 1 is 1.16 bits per heavy atom. The van der Waals surface area contributed by atoms with Crippen molar-refractivity contribution in [3.63, 3.8) is 0 Å². The predicted octanol–water partition coefficient (Wildman–Crippen LogP) is 3.03. The van der Waals surface area contributed by atoms with Gasteiger partial charge in [-0.15, -0.1) is 0 Å². The Morgan fingerprint density at radius 2 is 1.84 bits per heavy atom. The zero-order valence-corrected chi connectivity index (χ0v) is 11.4. The zero-order chi connectivity index (χ0) is 13.8. The fourth-order valence-corrected chi connectivity index (χ4v) is 1.81. The lowest BCUT2D eigenvalue weighted by atomic mass is 10.1. The molecule has 1 heterocycles. The van der Waals surface area contributed by atoms with E-state index in [0.717, 1.165) is 16.9 Å². The molecule has 5 heteroatoms. The molecule has 0 fully saturated rings. The van der Waals surface area contributed by atoms with Crippen LogP contribution in [-0.4, -0.2) is 18.4 Å². The molecular formula is C14H18N2O3. The van der Waals surface area contributed by atoms with Crippen LogP contribution < -0.4 is 15.2 Å². The summed E-state index contributed by atoms with van der Waals surface area (Å²) in [6.45, 7) is 6.90. The summed E-state index contributed by atoms with van der Waals surface area (Å²) in [5.74, 6) is 2.47. The molecule has 2 rings (SSSR count). The molecule has 0 aliphatic rings. The van der Waals surface area contributed by atoms with E-state index < -0.39 is 0 Å². The predicted molar refractivity (Wildman–Crippen MR) is 73.4 cm³/mol. The number of nitrogen functional groups attached to an aromatic ring is 1. The van der Waals surface area contributed by atoms with Gasteiger partial charge in [0, 0.05) is 11.1 Å². The molecule has 19 heavy (non-hydrogen) atoms. The van der Waals surface area contributed by atoms with Crippen LogP contribution in [0.15, 0.2) is 22.7 Å². The van der Waals surface area contributed by atoms with E-state index in [4.69, 9.17) is 19.7 Å². The molecule has 1 aromatic carbocycles. The Labute approximate surface area is 112 Å². The van der Waals surface area contributed by atoms with Crippen molar-refractivity contribution in [2.45, 2.75) is 20.8 Å². The van der Waals surface area contributed by atoms with Gasteiger partial charge in [0.25, 0.3) is 0 Å². The minimum absolute atomic E-state index is 0.404. The van der Waals surface area contributed by atoms with Crippen LogP contribution in [0.25, 0.3) is 11.3 Å². The van der Waals surface area contributed by atoms with Gasteiger partial charge in [-0.25, -0.2) is 0 Å². The molecule has 2 N–H and O–H groups in total. The van der Waals surface area contributed by atoms with Gasteiger partial charge in [0.05, 0.1) is 13.2 Å². The van der Waals surface area contributed by atoms with Crippen LogP contribution in [0.1, 0.15) is 19.4 Å². The fraction of sp³-hybridized carbons (Fsp3) is 0.357. The van der Waals surface area contributed by atoms with Crippen molar-refractivity contribution in [2.75, 3.05) is 18.9 Å². The third-order valence-electron chi connectivity index (χ3n) is 2.77. The van der Waals surface area contributed by atoms with Crippen LogP contribution in [0.3, 0.4) is 0 Å². The number of nitrogens with zero attached hydrogens (tertiary/aromatic N) is 1. The van der Waals surface area contributed by atoms with E-state index >= 15 is 0 Å². The van der Waals surface area contributed by atoms with E-state index in [2.05, 4.69) is 5.16 Å². The topological polar surface area (TPSA) is 70.5 Å². The summed E-state index contributed by atoms with van der Waals surface area (Å²) < 4.78 is 16.3. The van der Waals surface area contributed by atoms with Gasteiger partial charge in [0.15, 0.2) is 23.1 Å². The number of rotatable bonds is 5. The minimum atomic E-state index is 0.404. The Bertz CT molecular complexity index is 564. The van der Waals surface area contributed by atoms with Crippen LogP contribution in [0.2, 0.25) is 0 Å². The monoisotopic (exact) mass is 262 g/mol. The van der Waals surface area contributed by atoms with Gasteiger partial charge in [-0.3, -0.25) is 0 Å². The molecule has 0 spiro atoms. The molecule has 102 valence electrons. The lowest BCUT2D eigenvalue weighted by Gasteiger charge is -2.11. The maximum Gasteiger partial charge on any atom is 0.172 e. The largest absolute Gasteiger partial charge is 0.490 e. The molecule has 0 aliphatic carbocycles. The number of benzene rings is 1. The van der Waals surface area contributed by atoms with Gasteiger partial charge in [-0.1, -0.05) is 5.16 Å². The Morgan fingerprint density at radius 3 is 2.42 bits per heavy atom. The molecule has 0 atom stereocenters. The van der Waals surface area contributed by atoms with E-state index in [0.29, 0.717) is 30.5 Å². The Kier molecular flexibility index (Phi) is 3.94. The molecule has 0 saturated carbocycles. The van der Waals surface area contributed by atoms with E-state index in [1.807, 2.05) is 39.0 Å². The van der Waals surface area contributed by atoms with Gasteiger partial charge < -0.3 is 19.7 Å². The lowest BCUT2D eigenvalue weighted by Crippen LogP contribution is -1.98. The van der Waals surface area contributed by atoms with Crippen molar-refractivity contribution < 1.29 is 14.0 Å². The molecule has 0 bridgehead atoms. The Balaban J connectivity index is 2.42. The van der Waals surface area contributed by atoms with Crippen LogP contribution in [0.4, 0.5) is 5.82 Å². The first kappa shape index (κ1) is 13.3. The maximum atomic E-state index is 5.69. The summed E-state index contributed by atoms with van der Waals surface area (Å²) in [7, 11) is 0. The molecule has 0 radical (unpaired) electrons. The van der Waals surface area contributed by atoms with Gasteiger partial charge in [0.1, 0.15) is 0 Å². The summed E-state index contributed by atoms with van der Waals surface area (Å²) in [5, 5.41) is 3.76. The highest BCUT2D eigenvalue weighted by molar-refractivity contribution is 5.68. The molecule has 0 saturated heterocycles. The zero-order valence-electron chi connectivity index (χ0n) is 11.4. The molecule has 0 aliphatic heterocycles. The first-order valence-electron chi connectivity index (χ1n) is 6.29. The highest BCUT2D eigenvalue weighted by Crippen LogP contribution is 2.35. The van der Waals surface area contributed by atoms with Crippen molar-refractivity contribution in [3.8, 4) is 22.8 Å². The summed E-state index contributed by atoms with van der Waals surface area (Å²) in [6, 6.07) is 5.64. The fourth-order valence-electron chi connectivity index (χ4n) is 1.81. The first-order chi connectivity index (χ1) is 9.17. The number of hydrogen-bond donors (Lipinski definition) is 1. The van der Waals surface area contributed by atoms with Gasteiger partial charge in [0.2, 0.25) is 0 Å². The van der Waals surface area contributed by atoms with E-state index in [-0.39, 0.29) is 0 Å². The summed E-state index contributed by atoms with van der Waals surface area (Å²) in [5.41, 5.74) is 7.39. The standard InChI is InChI=1S/C14H18N2O3/c1-4-17-11-7-6-10(8-12(11)18-5-2)13-9(3)14(15)16-19-13/h6-8H,4-5H2,1-3H3,(H2,15,16). The molecular weight excluding hydrogens is 244 g/mol. The van der Waals surface area contributed by atoms with Crippen molar-refractivity contribution in [2.24, 2.45) is 0 Å². The highest BCUT2D eigenvalue weighted by Gasteiger charge is 2.14. The van der Waals surface area contributed by atoms with Gasteiger partial charge in [-0.2, -0.15) is 0 Å². The average Bonchev–Trinajstić information content (AvgIpc) is 2.73. The molecule has 2 aromatic rings. The highest BCUT2D eigenvalue weighted by atomic mass is 16.5. The maximum absolute atomic E-state index is 5.69. The van der Waals surface area contributed by atoms with Crippen LogP contribution in [0, 0.1) is 6.92 Å². The SMILES string of the molecule is CCOc1ccc(-c2onc(N)c2C)cc1OCC. The number of hydrogen-bond acceptors (Lipinski definition) is 5. The minimum Gasteiger partial charge on any atom is -0.490 e. The molecule has 0 amide bonds. The van der Waals surface area contributed by atoms with Crippen LogP contribution in [0.5, 0.6) is 11.5 Å². The van der Waals surface area contributed by atoms with Crippen LogP contribution >= 0.6 is 0 Å². The van der Waals surface area contributed by atoms with Crippen molar-refractivity contribution >= 4 is 5.82 Å². The number of ether oxygens (including phenoxy) is 2. The lowest BCUT2D eigenvalue weighted by molar-refractivity contribution is 0.288. The Hall–Kier alpha value is -2.17. The third kappa shape index (κ3) is 2.65. The van der Waals surface area contributed by atoms with Crippen molar-refractivity contribution in [1.29, 1.82) is 0 Å². The quantitative estimate of drug-likeness (QED) is 0.896. The van der Waals surface area contributed by atoms with Crippen molar-refractivity contribution in [3.05, 3.63) is 23.8 Å². The molecule has 5 nitrogen and oxygen atoms in total. The summed E-state index contributed by atoms with van der Waals surface area (Å²) in [6.07, 6.45) is 0. The first-order valence-corrected chi connectivity index (χ1v) is 6.29. The number of nitrogens with two attached hydrogens (primary N) is 1. The van der Waals surface area contributed by atoms with E-state index in [1.54, 1.807) is 0 Å². The van der Waals surface area contributed by atoms with E-state index in [1.165, 1.54) is 0 Å². The smallest absolute Gasteiger partial charge is 0.172 e. The second-order valence-electron chi connectivity index (χ2n) is 4.05. The number of aromatic nitrogens is 1. The van der Waals surface area contributed by atoms with Crippen LogP contribution in [-0.2, 0) is 0 Å². The average molecular weight is 262 g/mol. The second kappa shape index (κ2) is 5.65. The van der Waals surface area contributed by atoms with Gasteiger partial charge in [-0.05, 0) is 39.0 Å². The second-order valence-corrected chi connectivity index (χ2v) is 4.05. The van der Waals surface area contributed by atoms with Gasteiger partial charge >= 0.3 is 0 Å². The normalized spacial score (nSPS) is 10.5. The molecule has 1 aromatic heterocycles. The summed E-state index contributed by atoms with van der Waals surface area (Å²) >= 11 is 0.